The quantitative estimate of drug-likeness (QED) is 0.518. The van der Waals surface area contributed by atoms with Crippen molar-refractivity contribution in [2.45, 2.75) is 0 Å². The van der Waals surface area contributed by atoms with Crippen molar-refractivity contribution in [3.05, 3.63) is 12.2 Å². The van der Waals surface area contributed by atoms with Crippen molar-refractivity contribution in [2.24, 2.45) is 0 Å². The van der Waals surface area contributed by atoms with Crippen LogP contribution in [0.3, 0.4) is 0 Å². The highest BCUT2D eigenvalue weighted by molar-refractivity contribution is 7.47. The molecule has 0 aliphatic carbocycles. The van der Waals surface area contributed by atoms with Crippen molar-refractivity contribution >= 4 is 19.6 Å². The molecule has 0 radical (unpaired) electrons. The number of nitrogens with zero attached hydrogens (tertiary/aromatic N) is 1. The summed E-state index contributed by atoms with van der Waals surface area (Å²) in [5.41, 5.74) is 0. The Bertz CT molecular complexity index is 333. The zero-order chi connectivity index (χ0) is 11.5. The largest absolute Gasteiger partial charge is 0.471 e. The van der Waals surface area contributed by atoms with E-state index < -0.39 is 19.6 Å². The summed E-state index contributed by atoms with van der Waals surface area (Å²) in [5, 5.41) is 0. The third kappa shape index (κ3) is 3.24. The van der Waals surface area contributed by atoms with Gasteiger partial charge in [-0.05, 0) is 0 Å². The lowest BCUT2D eigenvalue weighted by atomic mass is 10.5. The summed E-state index contributed by atoms with van der Waals surface area (Å²) in [6, 6.07) is 0. The average Bonchev–Trinajstić information content (AvgIpc) is 2.49. The Balaban J connectivity index is 2.36. The molecule has 84 valence electrons. The first-order chi connectivity index (χ1) is 6.96. The molecule has 0 aromatic rings. The number of rotatable bonds is 5. The molecule has 0 spiro atoms. The van der Waals surface area contributed by atoms with Crippen molar-refractivity contribution in [2.75, 3.05) is 20.3 Å². The molecule has 1 rings (SSSR count). The molecule has 0 saturated heterocycles. The van der Waals surface area contributed by atoms with Crippen molar-refractivity contribution in [1.29, 1.82) is 0 Å². The fourth-order valence-electron chi connectivity index (χ4n) is 0.952. The number of carbonyl (C=O) groups is 2. The zero-order valence-corrected chi connectivity index (χ0v) is 8.85. The van der Waals surface area contributed by atoms with Crippen LogP contribution in [0, 0.1) is 0 Å². The van der Waals surface area contributed by atoms with Crippen LogP contribution in [-0.4, -0.2) is 41.9 Å². The van der Waals surface area contributed by atoms with Crippen LogP contribution in [-0.2, 0) is 23.2 Å². The summed E-state index contributed by atoms with van der Waals surface area (Å²) in [6.45, 7) is -0.334. The lowest BCUT2D eigenvalue weighted by Gasteiger charge is -2.14. The van der Waals surface area contributed by atoms with E-state index in [0.29, 0.717) is 0 Å². The van der Waals surface area contributed by atoms with Gasteiger partial charge in [-0.3, -0.25) is 23.5 Å². The van der Waals surface area contributed by atoms with Gasteiger partial charge in [-0.25, -0.2) is 4.57 Å². The summed E-state index contributed by atoms with van der Waals surface area (Å²) in [5.74, 6) is -0.928. The molecule has 7 nitrogen and oxygen atoms in total. The van der Waals surface area contributed by atoms with E-state index in [2.05, 4.69) is 9.05 Å². The van der Waals surface area contributed by atoms with Crippen molar-refractivity contribution in [3.8, 4) is 0 Å². The van der Waals surface area contributed by atoms with Gasteiger partial charge >= 0.3 is 7.82 Å². The van der Waals surface area contributed by atoms with Crippen molar-refractivity contribution < 1.29 is 28.1 Å². The maximum atomic E-state index is 11.0. The number of hydrogen-bond donors (Lipinski definition) is 1. The molecule has 0 aromatic carbocycles. The first-order valence-corrected chi connectivity index (χ1v) is 5.52. The Labute approximate surface area is 85.9 Å². The van der Waals surface area contributed by atoms with Crippen LogP contribution in [0.2, 0.25) is 0 Å². The summed E-state index contributed by atoms with van der Waals surface area (Å²) < 4.78 is 19.4. The Kier molecular flexibility index (Phi) is 3.76. The molecule has 1 aliphatic heterocycles. The van der Waals surface area contributed by atoms with Crippen LogP contribution in [0.5, 0.6) is 0 Å². The van der Waals surface area contributed by atoms with Gasteiger partial charge in [-0.15, -0.1) is 0 Å². The zero-order valence-electron chi connectivity index (χ0n) is 7.95. The highest BCUT2D eigenvalue weighted by Crippen LogP contribution is 2.41. The normalized spacial score (nSPS) is 19.7. The maximum Gasteiger partial charge on any atom is 0.471 e. The van der Waals surface area contributed by atoms with E-state index in [1.54, 1.807) is 0 Å². The van der Waals surface area contributed by atoms with Crippen LogP contribution in [0.25, 0.3) is 0 Å². The van der Waals surface area contributed by atoms with Gasteiger partial charge in [0.2, 0.25) is 0 Å². The SMILES string of the molecule is COP(=O)(O)OCCN1C(=O)C=CC1=O. The minimum absolute atomic E-state index is 0.0847. The smallest absolute Gasteiger partial charge is 0.303 e. The number of amides is 2. The summed E-state index contributed by atoms with van der Waals surface area (Å²) in [6.07, 6.45) is 2.24. The van der Waals surface area contributed by atoms with E-state index in [9.17, 15) is 14.2 Å². The molecule has 0 saturated carbocycles. The molecule has 0 fully saturated rings. The van der Waals surface area contributed by atoms with Crippen LogP contribution >= 0.6 is 7.82 Å². The van der Waals surface area contributed by atoms with Gasteiger partial charge in [-0.2, -0.15) is 0 Å². The van der Waals surface area contributed by atoms with Gasteiger partial charge in [0, 0.05) is 19.3 Å². The molecule has 0 aromatic heterocycles. The van der Waals surface area contributed by atoms with Gasteiger partial charge in [-0.1, -0.05) is 0 Å². The van der Waals surface area contributed by atoms with Crippen LogP contribution in [0.4, 0.5) is 0 Å². The van der Waals surface area contributed by atoms with Gasteiger partial charge in [0.1, 0.15) is 0 Å². The van der Waals surface area contributed by atoms with E-state index in [1.165, 1.54) is 0 Å². The molecule has 1 atom stereocenters. The fraction of sp³-hybridized carbons (Fsp3) is 0.429. The second kappa shape index (κ2) is 4.67. The number of imide groups is 1. The predicted octanol–water partition coefficient (Wildman–Crippen LogP) is -0.325. The minimum Gasteiger partial charge on any atom is -0.303 e. The third-order valence-corrected chi connectivity index (χ3v) is 2.67. The predicted molar refractivity (Wildman–Crippen MR) is 48.6 cm³/mol. The molecular formula is C7H10NO6P. The molecule has 8 heteroatoms. The first kappa shape index (κ1) is 12.1. The summed E-state index contributed by atoms with van der Waals surface area (Å²) in [7, 11) is -3.02. The monoisotopic (exact) mass is 235 g/mol. The van der Waals surface area contributed by atoms with Gasteiger partial charge < -0.3 is 4.89 Å². The number of phosphoric ester groups is 1. The summed E-state index contributed by atoms with van der Waals surface area (Å²) in [4.78, 5) is 31.8. The van der Waals surface area contributed by atoms with E-state index in [-0.39, 0.29) is 13.2 Å². The molecule has 1 aliphatic rings. The van der Waals surface area contributed by atoms with Crippen molar-refractivity contribution in [3.63, 3.8) is 0 Å². The molecule has 1 unspecified atom stereocenters. The Morgan fingerprint density at radius 1 is 1.40 bits per heavy atom. The first-order valence-electron chi connectivity index (χ1n) is 4.03. The van der Waals surface area contributed by atoms with Gasteiger partial charge in [0.25, 0.3) is 11.8 Å². The molecule has 2 amide bonds. The highest BCUT2D eigenvalue weighted by Gasteiger charge is 2.25. The Morgan fingerprint density at radius 2 is 1.93 bits per heavy atom. The van der Waals surface area contributed by atoms with E-state index in [4.69, 9.17) is 4.89 Å². The van der Waals surface area contributed by atoms with Crippen molar-refractivity contribution in [1.82, 2.24) is 4.90 Å². The van der Waals surface area contributed by atoms with Gasteiger partial charge in [0.05, 0.1) is 13.2 Å². The topological polar surface area (TPSA) is 93.1 Å². The highest BCUT2D eigenvalue weighted by atomic mass is 31.2. The third-order valence-electron chi connectivity index (χ3n) is 1.70. The van der Waals surface area contributed by atoms with E-state index in [1.807, 2.05) is 0 Å². The van der Waals surface area contributed by atoms with Crippen LogP contribution < -0.4 is 0 Å². The number of phosphoric acid groups is 1. The molecule has 15 heavy (non-hydrogen) atoms. The molecule has 1 N–H and O–H groups in total. The lowest BCUT2D eigenvalue weighted by molar-refractivity contribution is -0.137. The second-order valence-electron chi connectivity index (χ2n) is 2.65. The minimum atomic E-state index is -4.04. The summed E-state index contributed by atoms with van der Waals surface area (Å²) >= 11 is 0. The molecule has 0 bridgehead atoms. The fourth-order valence-corrected chi connectivity index (χ4v) is 1.37. The molecule has 1 heterocycles. The van der Waals surface area contributed by atoms with E-state index >= 15 is 0 Å². The van der Waals surface area contributed by atoms with Crippen LogP contribution in [0.1, 0.15) is 0 Å². The number of hydrogen-bond acceptors (Lipinski definition) is 5. The maximum absolute atomic E-state index is 11.0. The lowest BCUT2D eigenvalue weighted by Crippen LogP contribution is -2.32. The van der Waals surface area contributed by atoms with E-state index in [0.717, 1.165) is 24.2 Å². The second-order valence-corrected chi connectivity index (χ2v) is 4.21. The molecular weight excluding hydrogens is 225 g/mol. The average molecular weight is 235 g/mol. The van der Waals surface area contributed by atoms with Crippen LogP contribution in [0.15, 0.2) is 12.2 Å². The Morgan fingerprint density at radius 3 is 2.40 bits per heavy atom. The standard InChI is InChI=1S/C7H10NO6P/c1-13-15(11,12)14-5-4-8-6(9)2-3-7(8)10/h2-3H,4-5H2,1H3,(H,11,12). The number of carbonyl (C=O) groups excluding carboxylic acids is 2. The Hall–Kier alpha value is -1.01. The van der Waals surface area contributed by atoms with Gasteiger partial charge in [0.15, 0.2) is 0 Å².